The van der Waals surface area contributed by atoms with Gasteiger partial charge in [0.1, 0.15) is 0 Å². The predicted molar refractivity (Wildman–Crippen MR) is 72.4 cm³/mol. The van der Waals surface area contributed by atoms with Crippen molar-refractivity contribution in [2.75, 3.05) is 13.1 Å². The fourth-order valence-electron chi connectivity index (χ4n) is 1.69. The maximum Gasteiger partial charge on any atom is 0.240 e. The highest BCUT2D eigenvalue weighted by Crippen LogP contribution is 2.20. The molecule has 0 bridgehead atoms. The highest BCUT2D eigenvalue weighted by atomic mass is 35.5. The van der Waals surface area contributed by atoms with Gasteiger partial charge in [0, 0.05) is 24.2 Å². The van der Waals surface area contributed by atoms with Crippen LogP contribution < -0.4 is 10.0 Å². The Morgan fingerprint density at radius 2 is 2.06 bits per heavy atom. The molecule has 0 aliphatic heterocycles. The highest BCUT2D eigenvalue weighted by molar-refractivity contribution is 7.89. The van der Waals surface area contributed by atoms with Gasteiger partial charge in [-0.15, -0.1) is 0 Å². The molecule has 2 rings (SSSR count). The van der Waals surface area contributed by atoms with Crippen LogP contribution in [0.2, 0.25) is 5.02 Å². The topological polar surface area (TPSA) is 58.2 Å². The van der Waals surface area contributed by atoms with Crippen LogP contribution in [0.25, 0.3) is 0 Å². The van der Waals surface area contributed by atoms with Crippen LogP contribution in [0.15, 0.2) is 23.1 Å². The Hall–Kier alpha value is -0.620. The second kappa shape index (κ2) is 5.57. The number of hydrogen-bond acceptors (Lipinski definition) is 3. The first-order valence-electron chi connectivity index (χ1n) is 5.98. The molecule has 0 spiro atoms. The summed E-state index contributed by atoms with van der Waals surface area (Å²) in [6.45, 7) is 2.81. The highest BCUT2D eigenvalue weighted by Gasteiger charge is 2.20. The first-order chi connectivity index (χ1) is 8.49. The minimum Gasteiger partial charge on any atom is -0.313 e. The van der Waals surface area contributed by atoms with Gasteiger partial charge in [0.25, 0.3) is 0 Å². The van der Waals surface area contributed by atoms with E-state index in [2.05, 4.69) is 10.0 Å². The van der Waals surface area contributed by atoms with Gasteiger partial charge < -0.3 is 5.32 Å². The van der Waals surface area contributed by atoms with Gasteiger partial charge in [0.2, 0.25) is 10.0 Å². The second-order valence-electron chi connectivity index (χ2n) is 4.54. The number of halogens is 1. The number of hydrogen-bond donors (Lipinski definition) is 2. The average molecular weight is 289 g/mol. The van der Waals surface area contributed by atoms with Crippen LogP contribution in [0, 0.1) is 6.92 Å². The zero-order chi connectivity index (χ0) is 13.2. The monoisotopic (exact) mass is 288 g/mol. The average Bonchev–Trinajstić information content (AvgIpc) is 3.12. The van der Waals surface area contributed by atoms with Crippen molar-refractivity contribution in [2.45, 2.75) is 30.7 Å². The lowest BCUT2D eigenvalue weighted by molar-refractivity contribution is 0.575. The smallest absolute Gasteiger partial charge is 0.240 e. The van der Waals surface area contributed by atoms with E-state index in [9.17, 15) is 8.42 Å². The molecule has 4 nitrogen and oxygen atoms in total. The fraction of sp³-hybridized carbons (Fsp3) is 0.500. The lowest BCUT2D eigenvalue weighted by atomic mass is 10.2. The summed E-state index contributed by atoms with van der Waals surface area (Å²) in [7, 11) is -3.47. The van der Waals surface area contributed by atoms with Crippen LogP contribution >= 0.6 is 11.6 Å². The lowest BCUT2D eigenvalue weighted by Crippen LogP contribution is -2.33. The predicted octanol–water partition coefficient (Wildman–Crippen LogP) is 1.68. The zero-order valence-electron chi connectivity index (χ0n) is 10.2. The summed E-state index contributed by atoms with van der Waals surface area (Å²) in [5, 5.41) is 3.68. The molecule has 1 fully saturated rings. The third-order valence-electron chi connectivity index (χ3n) is 2.87. The number of rotatable bonds is 6. The van der Waals surface area contributed by atoms with E-state index < -0.39 is 10.0 Å². The molecular formula is C12H17ClN2O2S. The summed E-state index contributed by atoms with van der Waals surface area (Å²) >= 11 is 5.83. The Morgan fingerprint density at radius 1 is 1.33 bits per heavy atom. The molecule has 0 atom stereocenters. The number of sulfonamides is 1. The molecule has 1 aliphatic rings. The molecule has 2 N–H and O–H groups in total. The Balaban J connectivity index is 1.97. The molecule has 1 aromatic rings. The van der Waals surface area contributed by atoms with E-state index in [1.807, 2.05) is 0 Å². The third-order valence-corrected chi connectivity index (χ3v) is 4.71. The van der Waals surface area contributed by atoms with Gasteiger partial charge in [-0.2, -0.15) is 0 Å². The third kappa shape index (κ3) is 3.68. The summed E-state index contributed by atoms with van der Waals surface area (Å²) in [5.41, 5.74) is 0.696. The van der Waals surface area contributed by atoms with Gasteiger partial charge in [-0.3, -0.25) is 0 Å². The lowest BCUT2D eigenvalue weighted by Gasteiger charge is -2.10. The van der Waals surface area contributed by atoms with E-state index in [1.54, 1.807) is 19.1 Å². The molecule has 0 aromatic heterocycles. The van der Waals surface area contributed by atoms with Crippen molar-refractivity contribution in [3.63, 3.8) is 0 Å². The van der Waals surface area contributed by atoms with E-state index in [0.29, 0.717) is 29.7 Å². The molecule has 100 valence electrons. The van der Waals surface area contributed by atoms with Gasteiger partial charge >= 0.3 is 0 Å². The molecule has 18 heavy (non-hydrogen) atoms. The minimum atomic E-state index is -3.47. The van der Waals surface area contributed by atoms with Crippen molar-refractivity contribution in [1.82, 2.24) is 10.0 Å². The molecule has 6 heteroatoms. The summed E-state index contributed by atoms with van der Waals surface area (Å²) < 4.78 is 26.7. The fourth-order valence-corrected chi connectivity index (χ4v) is 3.23. The van der Waals surface area contributed by atoms with Gasteiger partial charge in [-0.1, -0.05) is 17.7 Å². The van der Waals surface area contributed by atoms with Crippen LogP contribution in [0.3, 0.4) is 0 Å². The summed E-state index contributed by atoms with van der Waals surface area (Å²) in [4.78, 5) is 0.251. The van der Waals surface area contributed by atoms with Crippen molar-refractivity contribution >= 4 is 21.6 Å². The largest absolute Gasteiger partial charge is 0.313 e. The van der Waals surface area contributed by atoms with Crippen molar-refractivity contribution < 1.29 is 8.42 Å². The van der Waals surface area contributed by atoms with Gasteiger partial charge in [0.05, 0.1) is 4.90 Å². The molecule has 0 heterocycles. The molecule has 1 saturated carbocycles. The molecule has 1 aromatic carbocycles. The molecule has 1 aliphatic carbocycles. The number of aryl methyl sites for hydroxylation is 1. The van der Waals surface area contributed by atoms with Crippen LogP contribution in [0.5, 0.6) is 0 Å². The maximum absolute atomic E-state index is 12.1. The van der Waals surface area contributed by atoms with E-state index in [4.69, 9.17) is 11.6 Å². The SMILES string of the molecule is Cc1ccc(Cl)cc1S(=O)(=O)NCCNC1CC1. The number of nitrogens with one attached hydrogen (secondary N) is 2. The quantitative estimate of drug-likeness (QED) is 0.783. The Bertz CT molecular complexity index is 527. The molecule has 0 saturated heterocycles. The van der Waals surface area contributed by atoms with E-state index in [1.165, 1.54) is 18.9 Å². The standard InChI is InChI=1S/C12H17ClN2O2S/c1-9-2-3-10(13)8-12(9)18(16,17)15-7-6-14-11-4-5-11/h2-3,8,11,14-15H,4-7H2,1H3. The first kappa shape index (κ1) is 13.8. The van der Waals surface area contributed by atoms with Crippen LogP contribution in [0.1, 0.15) is 18.4 Å². The molecule has 0 amide bonds. The van der Waals surface area contributed by atoms with Gasteiger partial charge in [-0.25, -0.2) is 13.1 Å². The summed E-state index contributed by atoms with van der Waals surface area (Å²) in [6, 6.07) is 5.46. The van der Waals surface area contributed by atoms with Crippen molar-refractivity contribution in [3.05, 3.63) is 28.8 Å². The van der Waals surface area contributed by atoms with Crippen molar-refractivity contribution in [2.24, 2.45) is 0 Å². The van der Waals surface area contributed by atoms with Crippen molar-refractivity contribution in [1.29, 1.82) is 0 Å². The second-order valence-corrected chi connectivity index (χ2v) is 6.71. The Morgan fingerprint density at radius 3 is 2.72 bits per heavy atom. The van der Waals surface area contributed by atoms with Crippen molar-refractivity contribution in [3.8, 4) is 0 Å². The first-order valence-corrected chi connectivity index (χ1v) is 7.84. The Labute approximate surface area is 113 Å². The van der Waals surface area contributed by atoms with Gasteiger partial charge in [0.15, 0.2) is 0 Å². The molecule has 0 unspecified atom stereocenters. The maximum atomic E-state index is 12.1. The normalized spacial score (nSPS) is 15.9. The number of benzene rings is 1. The van der Waals surface area contributed by atoms with Gasteiger partial charge in [-0.05, 0) is 37.5 Å². The van der Waals surface area contributed by atoms with E-state index in [-0.39, 0.29) is 4.90 Å². The Kier molecular flexibility index (Phi) is 4.27. The summed E-state index contributed by atoms with van der Waals surface area (Å²) in [5.74, 6) is 0. The van der Waals surface area contributed by atoms with Crippen LogP contribution in [-0.2, 0) is 10.0 Å². The van der Waals surface area contributed by atoms with E-state index in [0.717, 1.165) is 0 Å². The minimum absolute atomic E-state index is 0.251. The molecular weight excluding hydrogens is 272 g/mol. The van der Waals surface area contributed by atoms with Crippen LogP contribution in [0.4, 0.5) is 0 Å². The van der Waals surface area contributed by atoms with E-state index >= 15 is 0 Å². The summed E-state index contributed by atoms with van der Waals surface area (Å²) in [6.07, 6.45) is 2.39. The van der Waals surface area contributed by atoms with Crippen LogP contribution in [-0.4, -0.2) is 27.5 Å². The zero-order valence-corrected chi connectivity index (χ0v) is 11.8. The molecule has 0 radical (unpaired) electrons.